The highest BCUT2D eigenvalue weighted by atomic mass is 16.3. The maximum Gasteiger partial charge on any atom is 0.229 e. The fourth-order valence-corrected chi connectivity index (χ4v) is 4.30. The Bertz CT molecular complexity index is 1360. The predicted octanol–water partition coefficient (Wildman–Crippen LogP) is 6.57. The molecule has 36 heavy (non-hydrogen) atoms. The SMILES string of the molecule is CCC.CCC(CN(C)C)c1ccc2oc(-c3cnc(C)c4cnc(NC(=O)C5CC5)cc34)nc2c1. The van der Waals surface area contributed by atoms with E-state index in [0.717, 1.165) is 58.9 Å². The summed E-state index contributed by atoms with van der Waals surface area (Å²) in [5.74, 6) is 1.65. The number of pyridine rings is 2. The van der Waals surface area contributed by atoms with Crippen molar-refractivity contribution in [1.29, 1.82) is 0 Å². The van der Waals surface area contributed by atoms with Gasteiger partial charge in [-0.3, -0.25) is 9.78 Å². The topological polar surface area (TPSA) is 84.2 Å². The number of oxazole rings is 1. The summed E-state index contributed by atoms with van der Waals surface area (Å²) in [5, 5.41) is 4.76. The van der Waals surface area contributed by atoms with E-state index in [1.807, 2.05) is 19.1 Å². The number of carbonyl (C=O) groups is 1. The largest absolute Gasteiger partial charge is 0.436 e. The molecule has 1 aromatic carbocycles. The van der Waals surface area contributed by atoms with Crippen LogP contribution in [-0.4, -0.2) is 46.4 Å². The van der Waals surface area contributed by atoms with Crippen LogP contribution in [0.25, 0.3) is 33.3 Å². The highest BCUT2D eigenvalue weighted by Crippen LogP contribution is 2.34. The van der Waals surface area contributed by atoms with Crippen molar-refractivity contribution in [3.63, 3.8) is 0 Å². The van der Waals surface area contributed by atoms with E-state index >= 15 is 0 Å². The maximum absolute atomic E-state index is 12.2. The second-order valence-corrected chi connectivity index (χ2v) is 9.96. The number of aryl methyl sites for hydroxylation is 1. The van der Waals surface area contributed by atoms with Crippen LogP contribution >= 0.6 is 0 Å². The molecule has 1 aliphatic carbocycles. The van der Waals surface area contributed by atoms with Gasteiger partial charge in [-0.2, -0.15) is 0 Å². The van der Waals surface area contributed by atoms with Crippen LogP contribution in [0.1, 0.15) is 63.6 Å². The molecule has 1 fully saturated rings. The number of nitrogens with zero attached hydrogens (tertiary/aromatic N) is 4. The molecule has 1 aliphatic rings. The van der Waals surface area contributed by atoms with E-state index in [1.54, 1.807) is 12.4 Å². The number of carbonyl (C=O) groups excluding carboxylic acids is 1. The summed E-state index contributed by atoms with van der Waals surface area (Å²) in [5.41, 5.74) is 4.51. The predicted molar refractivity (Wildman–Crippen MR) is 146 cm³/mol. The van der Waals surface area contributed by atoms with Crippen molar-refractivity contribution in [2.24, 2.45) is 5.92 Å². The molecule has 0 aliphatic heterocycles. The maximum atomic E-state index is 12.2. The monoisotopic (exact) mass is 487 g/mol. The van der Waals surface area contributed by atoms with Gasteiger partial charge < -0.3 is 14.6 Å². The summed E-state index contributed by atoms with van der Waals surface area (Å²) in [6.45, 7) is 9.40. The van der Waals surface area contributed by atoms with E-state index in [2.05, 4.69) is 67.2 Å². The second kappa shape index (κ2) is 11.2. The highest BCUT2D eigenvalue weighted by Gasteiger charge is 2.30. The lowest BCUT2D eigenvalue weighted by Gasteiger charge is -2.19. The van der Waals surface area contributed by atoms with Crippen molar-refractivity contribution in [2.45, 2.75) is 59.3 Å². The van der Waals surface area contributed by atoms with Gasteiger partial charge in [-0.15, -0.1) is 0 Å². The molecule has 0 radical (unpaired) electrons. The lowest BCUT2D eigenvalue weighted by molar-refractivity contribution is -0.117. The molecular weight excluding hydrogens is 450 g/mol. The Kier molecular flexibility index (Phi) is 7.99. The Hall–Kier alpha value is -3.32. The smallest absolute Gasteiger partial charge is 0.229 e. The number of anilines is 1. The number of benzene rings is 1. The molecule has 1 N–H and O–H groups in total. The lowest BCUT2D eigenvalue weighted by atomic mass is 9.96. The standard InChI is InChI=1S/C26H29N5O2.C3H8/c1-5-16(14-31(3)4)18-8-9-23-22(10-18)29-26(33-23)21-13-27-15(2)20-12-28-24(11-19(20)21)30-25(32)17-6-7-17;1-3-2/h8-13,16-17H,5-7,14H2,1-4H3,(H,28,30,32);3H2,1-2H3. The summed E-state index contributed by atoms with van der Waals surface area (Å²) in [6.07, 6.45) is 7.76. The zero-order valence-electron chi connectivity index (χ0n) is 22.3. The number of rotatable bonds is 7. The third kappa shape index (κ3) is 5.73. The summed E-state index contributed by atoms with van der Waals surface area (Å²) in [7, 11) is 4.20. The Morgan fingerprint density at radius 2 is 1.86 bits per heavy atom. The third-order valence-electron chi connectivity index (χ3n) is 6.36. The average Bonchev–Trinajstić information content (AvgIpc) is 3.62. The van der Waals surface area contributed by atoms with Crippen molar-refractivity contribution < 1.29 is 9.21 Å². The van der Waals surface area contributed by atoms with Crippen molar-refractivity contribution in [3.05, 3.63) is 47.9 Å². The van der Waals surface area contributed by atoms with Gasteiger partial charge in [0.05, 0.1) is 5.56 Å². The van der Waals surface area contributed by atoms with Gasteiger partial charge in [0.1, 0.15) is 11.3 Å². The minimum Gasteiger partial charge on any atom is -0.436 e. The van der Waals surface area contributed by atoms with Crippen LogP contribution in [0.2, 0.25) is 0 Å². The first-order valence-corrected chi connectivity index (χ1v) is 13.0. The van der Waals surface area contributed by atoms with E-state index in [0.29, 0.717) is 17.6 Å². The van der Waals surface area contributed by atoms with Gasteiger partial charge in [0.2, 0.25) is 11.8 Å². The molecule has 3 aromatic heterocycles. The van der Waals surface area contributed by atoms with Crippen molar-refractivity contribution in [3.8, 4) is 11.5 Å². The minimum atomic E-state index is 0.0340. The number of fused-ring (bicyclic) bond motifs is 2. The van der Waals surface area contributed by atoms with Crippen molar-refractivity contribution in [1.82, 2.24) is 19.9 Å². The molecule has 1 saturated carbocycles. The number of amides is 1. The molecule has 0 bridgehead atoms. The molecule has 190 valence electrons. The van der Waals surface area contributed by atoms with Crippen LogP contribution in [0, 0.1) is 12.8 Å². The van der Waals surface area contributed by atoms with Crippen LogP contribution in [-0.2, 0) is 4.79 Å². The number of nitrogens with one attached hydrogen (secondary N) is 1. The Morgan fingerprint density at radius 3 is 2.53 bits per heavy atom. The Balaban J connectivity index is 0.000000967. The van der Waals surface area contributed by atoms with Gasteiger partial charge in [0.15, 0.2) is 5.58 Å². The van der Waals surface area contributed by atoms with Crippen LogP contribution in [0.5, 0.6) is 0 Å². The van der Waals surface area contributed by atoms with E-state index in [-0.39, 0.29) is 11.8 Å². The van der Waals surface area contributed by atoms with Crippen molar-refractivity contribution in [2.75, 3.05) is 26.0 Å². The summed E-state index contributed by atoms with van der Waals surface area (Å²) in [4.78, 5) is 28.2. The third-order valence-corrected chi connectivity index (χ3v) is 6.36. The lowest BCUT2D eigenvalue weighted by Crippen LogP contribution is -2.19. The molecule has 7 nitrogen and oxygen atoms in total. The first kappa shape index (κ1) is 25.8. The zero-order valence-corrected chi connectivity index (χ0v) is 22.3. The second-order valence-electron chi connectivity index (χ2n) is 9.96. The molecule has 4 aromatic rings. The van der Waals surface area contributed by atoms with Crippen LogP contribution in [0.15, 0.2) is 41.1 Å². The molecule has 0 saturated heterocycles. The zero-order chi connectivity index (χ0) is 25.8. The molecule has 1 unspecified atom stereocenters. The van der Waals surface area contributed by atoms with E-state index in [4.69, 9.17) is 9.40 Å². The molecule has 7 heteroatoms. The molecule has 1 amide bonds. The summed E-state index contributed by atoms with van der Waals surface area (Å²) >= 11 is 0. The van der Waals surface area contributed by atoms with E-state index in [1.165, 1.54) is 12.0 Å². The van der Waals surface area contributed by atoms with Gasteiger partial charge in [0, 0.05) is 41.3 Å². The Morgan fingerprint density at radius 1 is 1.11 bits per heavy atom. The number of likely N-dealkylation sites (N-methyl/N-ethyl adjacent to an activating group) is 1. The van der Waals surface area contributed by atoms with Crippen LogP contribution < -0.4 is 5.32 Å². The van der Waals surface area contributed by atoms with Gasteiger partial charge in [-0.25, -0.2) is 9.97 Å². The fraction of sp³-hybridized carbons (Fsp3) is 0.448. The van der Waals surface area contributed by atoms with Gasteiger partial charge in [-0.05, 0) is 70.0 Å². The van der Waals surface area contributed by atoms with Gasteiger partial charge in [-0.1, -0.05) is 33.3 Å². The highest BCUT2D eigenvalue weighted by molar-refractivity contribution is 6.00. The van der Waals surface area contributed by atoms with Gasteiger partial charge >= 0.3 is 0 Å². The molecule has 5 rings (SSSR count). The van der Waals surface area contributed by atoms with Crippen molar-refractivity contribution >= 4 is 33.6 Å². The molecule has 0 spiro atoms. The minimum absolute atomic E-state index is 0.0340. The first-order chi connectivity index (χ1) is 17.3. The normalized spacial score (nSPS) is 14.1. The van der Waals surface area contributed by atoms with Crippen LogP contribution in [0.4, 0.5) is 5.82 Å². The number of hydrogen-bond acceptors (Lipinski definition) is 6. The molecular formula is C29H37N5O2. The number of aromatic nitrogens is 3. The number of hydrogen-bond donors (Lipinski definition) is 1. The summed E-state index contributed by atoms with van der Waals surface area (Å²) < 4.78 is 6.15. The average molecular weight is 488 g/mol. The molecule has 1 atom stereocenters. The first-order valence-electron chi connectivity index (χ1n) is 13.0. The van der Waals surface area contributed by atoms with E-state index < -0.39 is 0 Å². The fourth-order valence-electron chi connectivity index (χ4n) is 4.30. The summed E-state index contributed by atoms with van der Waals surface area (Å²) in [6, 6.07) is 8.17. The quantitative estimate of drug-likeness (QED) is 0.317. The van der Waals surface area contributed by atoms with Gasteiger partial charge in [0.25, 0.3) is 0 Å². The molecule has 3 heterocycles. The van der Waals surface area contributed by atoms with Crippen LogP contribution in [0.3, 0.4) is 0 Å². The van der Waals surface area contributed by atoms with E-state index in [9.17, 15) is 4.79 Å². The Labute approximate surface area is 213 Å².